The Morgan fingerprint density at radius 2 is 1.64 bits per heavy atom. The normalized spacial score (nSPS) is 12.3. The number of amides is 1. The van der Waals surface area contributed by atoms with Crippen molar-refractivity contribution in [1.29, 1.82) is 0 Å². The number of rotatable bonds is 10. The molecule has 0 bridgehead atoms. The lowest BCUT2D eigenvalue weighted by Crippen LogP contribution is -2.26. The fourth-order valence-electron chi connectivity index (χ4n) is 3.84. The molecule has 1 amide bonds. The molecule has 1 heterocycles. The number of nitrogens with one attached hydrogen (secondary N) is 1. The van der Waals surface area contributed by atoms with Crippen LogP contribution in [0.5, 0.6) is 5.75 Å². The van der Waals surface area contributed by atoms with E-state index in [-0.39, 0.29) is 30.4 Å². The lowest BCUT2D eigenvalue weighted by molar-refractivity contribution is -0.136. The van der Waals surface area contributed by atoms with Gasteiger partial charge in [-0.15, -0.1) is 0 Å². The maximum Gasteiger partial charge on any atom is 0.305 e. The van der Waals surface area contributed by atoms with Crippen LogP contribution in [0.25, 0.3) is 11.3 Å². The molecule has 0 fully saturated rings. The number of aliphatic carboxylic acids is 1. The Labute approximate surface area is 213 Å². The number of hydrogen-bond acceptors (Lipinski definition) is 4. The highest BCUT2D eigenvalue weighted by Crippen LogP contribution is 2.30. The summed E-state index contributed by atoms with van der Waals surface area (Å²) in [5.41, 5.74) is 4.79. The van der Waals surface area contributed by atoms with Crippen molar-refractivity contribution in [1.82, 2.24) is 10.3 Å². The molecule has 0 saturated carbocycles. The van der Waals surface area contributed by atoms with E-state index in [2.05, 4.69) is 69.2 Å². The fourth-order valence-corrected chi connectivity index (χ4v) is 3.84. The minimum Gasteiger partial charge on any atom is -0.484 e. The summed E-state index contributed by atoms with van der Waals surface area (Å²) in [5.74, 6) is -0.145. The number of carboxylic acid groups (broad SMARTS) is 1. The van der Waals surface area contributed by atoms with Crippen molar-refractivity contribution >= 4 is 11.9 Å². The first-order valence-electron chi connectivity index (χ1n) is 12.4. The maximum atomic E-state index is 12.2. The van der Waals surface area contributed by atoms with Crippen LogP contribution in [0.1, 0.15) is 75.0 Å². The Morgan fingerprint density at radius 3 is 2.17 bits per heavy atom. The topological polar surface area (TPSA) is 88.5 Å². The predicted octanol–water partition coefficient (Wildman–Crippen LogP) is 6.42. The summed E-state index contributed by atoms with van der Waals surface area (Å²) in [6.45, 7) is 11.0. The second-order valence-corrected chi connectivity index (χ2v) is 10.5. The van der Waals surface area contributed by atoms with Crippen molar-refractivity contribution in [2.45, 2.75) is 59.0 Å². The fraction of sp³-hybridized carbons (Fsp3) is 0.367. The molecule has 3 aromatic rings. The molecule has 36 heavy (non-hydrogen) atoms. The standard InChI is InChI=1S/C30H36N2O4/c1-20(2)18-27(22-6-8-23(9-7-22)29(35)31-17-16-28(33)34)36-25-14-15-26(32-19-25)21-10-12-24(13-11-21)30(3,4)5/h6-15,19-20,27H,16-18H2,1-5H3,(H,31,35)(H,33,34). The van der Waals surface area contributed by atoms with Crippen LogP contribution in [-0.4, -0.2) is 28.5 Å². The Hall–Kier alpha value is -3.67. The molecular weight excluding hydrogens is 452 g/mol. The van der Waals surface area contributed by atoms with Gasteiger partial charge in [-0.05, 0) is 53.1 Å². The van der Waals surface area contributed by atoms with E-state index in [4.69, 9.17) is 9.84 Å². The number of aromatic nitrogens is 1. The molecular formula is C30H36N2O4. The van der Waals surface area contributed by atoms with Crippen molar-refractivity contribution in [2.24, 2.45) is 5.92 Å². The Bertz CT molecular complexity index is 1150. The molecule has 6 nitrogen and oxygen atoms in total. The number of hydrogen-bond donors (Lipinski definition) is 2. The van der Waals surface area contributed by atoms with Crippen LogP contribution in [0.2, 0.25) is 0 Å². The minimum absolute atomic E-state index is 0.0960. The highest BCUT2D eigenvalue weighted by molar-refractivity contribution is 5.94. The van der Waals surface area contributed by atoms with Crippen LogP contribution < -0.4 is 10.1 Å². The van der Waals surface area contributed by atoms with E-state index < -0.39 is 5.97 Å². The zero-order valence-corrected chi connectivity index (χ0v) is 21.7. The zero-order valence-electron chi connectivity index (χ0n) is 21.7. The number of carbonyl (C=O) groups is 2. The molecule has 0 radical (unpaired) electrons. The molecule has 0 spiro atoms. The van der Waals surface area contributed by atoms with Crippen LogP contribution in [-0.2, 0) is 10.2 Å². The van der Waals surface area contributed by atoms with Crippen molar-refractivity contribution in [3.8, 4) is 17.0 Å². The third kappa shape index (κ3) is 7.67. The molecule has 1 aromatic heterocycles. The quantitative estimate of drug-likeness (QED) is 0.344. The van der Waals surface area contributed by atoms with Crippen LogP contribution in [0.3, 0.4) is 0 Å². The van der Waals surface area contributed by atoms with Gasteiger partial charge >= 0.3 is 5.97 Å². The molecule has 2 N–H and O–H groups in total. The van der Waals surface area contributed by atoms with Crippen LogP contribution in [0.15, 0.2) is 66.9 Å². The molecule has 2 aromatic carbocycles. The van der Waals surface area contributed by atoms with Gasteiger partial charge in [-0.2, -0.15) is 0 Å². The molecule has 1 unspecified atom stereocenters. The van der Waals surface area contributed by atoms with Gasteiger partial charge in [-0.3, -0.25) is 14.6 Å². The lowest BCUT2D eigenvalue weighted by atomic mass is 9.86. The molecule has 6 heteroatoms. The van der Waals surface area contributed by atoms with Gasteiger partial charge in [0.15, 0.2) is 0 Å². The SMILES string of the molecule is CC(C)CC(Oc1ccc(-c2ccc(C(C)(C)C)cc2)nc1)c1ccc(C(=O)NCCC(=O)O)cc1. The number of pyridine rings is 1. The van der Waals surface area contributed by atoms with Gasteiger partial charge in [0.05, 0.1) is 18.3 Å². The summed E-state index contributed by atoms with van der Waals surface area (Å²) in [7, 11) is 0. The summed E-state index contributed by atoms with van der Waals surface area (Å²) in [6.07, 6.45) is 2.27. The average Bonchev–Trinajstić information content (AvgIpc) is 2.83. The summed E-state index contributed by atoms with van der Waals surface area (Å²) in [4.78, 5) is 27.5. The lowest BCUT2D eigenvalue weighted by Gasteiger charge is -2.22. The molecule has 190 valence electrons. The summed E-state index contributed by atoms with van der Waals surface area (Å²) in [5, 5.41) is 11.3. The smallest absolute Gasteiger partial charge is 0.305 e. The largest absolute Gasteiger partial charge is 0.484 e. The monoisotopic (exact) mass is 488 g/mol. The van der Waals surface area contributed by atoms with E-state index in [0.717, 1.165) is 23.2 Å². The number of carboxylic acids is 1. The zero-order chi connectivity index (χ0) is 26.3. The summed E-state index contributed by atoms with van der Waals surface area (Å²) in [6, 6.07) is 19.7. The number of benzene rings is 2. The van der Waals surface area contributed by atoms with Gasteiger partial charge < -0.3 is 15.2 Å². The molecule has 3 rings (SSSR count). The van der Waals surface area contributed by atoms with Gasteiger partial charge in [-0.1, -0.05) is 71.0 Å². The van der Waals surface area contributed by atoms with Crippen molar-refractivity contribution in [3.63, 3.8) is 0 Å². The molecule has 0 saturated heterocycles. The molecule has 1 atom stereocenters. The second kappa shape index (κ2) is 11.8. The highest BCUT2D eigenvalue weighted by Gasteiger charge is 2.17. The van der Waals surface area contributed by atoms with Crippen LogP contribution in [0, 0.1) is 5.92 Å². The summed E-state index contributed by atoms with van der Waals surface area (Å²) >= 11 is 0. The van der Waals surface area contributed by atoms with E-state index in [1.807, 2.05) is 24.3 Å². The Morgan fingerprint density at radius 1 is 0.972 bits per heavy atom. The highest BCUT2D eigenvalue weighted by atomic mass is 16.5. The van der Waals surface area contributed by atoms with Gasteiger partial charge in [0.1, 0.15) is 11.9 Å². The molecule has 0 aliphatic carbocycles. The molecule has 0 aliphatic rings. The van der Waals surface area contributed by atoms with Crippen LogP contribution in [0.4, 0.5) is 0 Å². The van der Waals surface area contributed by atoms with E-state index >= 15 is 0 Å². The first-order valence-corrected chi connectivity index (χ1v) is 12.4. The third-order valence-corrected chi connectivity index (χ3v) is 5.92. The Kier molecular flexibility index (Phi) is 8.86. The Balaban J connectivity index is 1.70. The van der Waals surface area contributed by atoms with E-state index in [0.29, 0.717) is 17.2 Å². The minimum atomic E-state index is -0.944. The van der Waals surface area contributed by atoms with Gasteiger partial charge in [0, 0.05) is 17.7 Å². The number of ether oxygens (including phenoxy) is 1. The predicted molar refractivity (Wildman–Crippen MR) is 142 cm³/mol. The van der Waals surface area contributed by atoms with E-state index in [1.165, 1.54) is 5.56 Å². The molecule has 0 aliphatic heterocycles. The third-order valence-electron chi connectivity index (χ3n) is 5.92. The average molecular weight is 489 g/mol. The van der Waals surface area contributed by atoms with Crippen molar-refractivity contribution in [3.05, 3.63) is 83.6 Å². The van der Waals surface area contributed by atoms with Gasteiger partial charge in [0.2, 0.25) is 0 Å². The number of carbonyl (C=O) groups excluding carboxylic acids is 1. The second-order valence-electron chi connectivity index (χ2n) is 10.5. The summed E-state index contributed by atoms with van der Waals surface area (Å²) < 4.78 is 6.33. The van der Waals surface area contributed by atoms with Crippen molar-refractivity contribution in [2.75, 3.05) is 6.54 Å². The number of nitrogens with zero attached hydrogens (tertiary/aromatic N) is 1. The van der Waals surface area contributed by atoms with E-state index in [9.17, 15) is 9.59 Å². The van der Waals surface area contributed by atoms with Crippen LogP contribution >= 0.6 is 0 Å². The van der Waals surface area contributed by atoms with Crippen molar-refractivity contribution < 1.29 is 19.4 Å². The maximum absolute atomic E-state index is 12.2. The van der Waals surface area contributed by atoms with E-state index in [1.54, 1.807) is 18.3 Å². The van der Waals surface area contributed by atoms with Gasteiger partial charge in [0.25, 0.3) is 5.91 Å². The first kappa shape index (κ1) is 26.9. The first-order chi connectivity index (χ1) is 17.0. The van der Waals surface area contributed by atoms with Gasteiger partial charge in [-0.25, -0.2) is 0 Å².